The van der Waals surface area contributed by atoms with Crippen molar-refractivity contribution in [2.45, 2.75) is 35.8 Å². The molecule has 0 bridgehead atoms. The summed E-state index contributed by atoms with van der Waals surface area (Å²) >= 11 is 1.81. The monoisotopic (exact) mass is 221 g/mol. The summed E-state index contributed by atoms with van der Waals surface area (Å²) in [6.45, 7) is 0. The van der Waals surface area contributed by atoms with Crippen LogP contribution in [0, 0.1) is 0 Å². The molecule has 1 aliphatic rings. The molecule has 1 saturated carbocycles. The fraction of sp³-hybridized carbons (Fsp3) is 0.417. The van der Waals surface area contributed by atoms with Crippen LogP contribution in [0.15, 0.2) is 40.4 Å². The van der Waals surface area contributed by atoms with Crippen molar-refractivity contribution in [3.05, 3.63) is 30.3 Å². The molecule has 0 amide bonds. The molecule has 1 fully saturated rings. The van der Waals surface area contributed by atoms with Gasteiger partial charge in [0.15, 0.2) is 0 Å². The Morgan fingerprint density at radius 3 is 2.73 bits per heavy atom. The zero-order chi connectivity index (χ0) is 10.5. The molecule has 0 radical (unpaired) electrons. The van der Waals surface area contributed by atoms with E-state index in [1.807, 2.05) is 18.2 Å². The van der Waals surface area contributed by atoms with Crippen LogP contribution < -0.4 is 0 Å². The summed E-state index contributed by atoms with van der Waals surface area (Å²) in [5, 5.41) is 12.7. The number of oxime groups is 1. The van der Waals surface area contributed by atoms with E-state index < -0.39 is 0 Å². The molecular weight excluding hydrogens is 206 g/mol. The third-order valence-corrected chi connectivity index (χ3v) is 4.01. The van der Waals surface area contributed by atoms with Crippen LogP contribution in [0.5, 0.6) is 0 Å². The number of thioether (sulfide) groups is 1. The molecule has 2 nitrogen and oxygen atoms in total. The maximum absolute atomic E-state index is 8.91. The topological polar surface area (TPSA) is 32.6 Å². The average molecular weight is 221 g/mol. The molecule has 3 heteroatoms. The predicted molar refractivity (Wildman–Crippen MR) is 63.8 cm³/mol. The first-order chi connectivity index (χ1) is 7.40. The zero-order valence-electron chi connectivity index (χ0n) is 8.60. The highest BCUT2D eigenvalue weighted by Gasteiger charge is 2.21. The van der Waals surface area contributed by atoms with Crippen molar-refractivity contribution in [1.82, 2.24) is 0 Å². The van der Waals surface area contributed by atoms with Crippen LogP contribution in [0.25, 0.3) is 0 Å². The van der Waals surface area contributed by atoms with Gasteiger partial charge in [-0.1, -0.05) is 29.8 Å². The van der Waals surface area contributed by atoms with Crippen LogP contribution >= 0.6 is 11.8 Å². The first kappa shape index (κ1) is 10.6. The van der Waals surface area contributed by atoms with E-state index in [-0.39, 0.29) is 0 Å². The number of nitrogens with zero attached hydrogens (tertiary/aromatic N) is 1. The van der Waals surface area contributed by atoms with Crippen LogP contribution in [-0.4, -0.2) is 16.2 Å². The smallest absolute Gasteiger partial charge is 0.0704 e. The predicted octanol–water partition coefficient (Wildman–Crippen LogP) is 3.55. The van der Waals surface area contributed by atoms with Crippen LogP contribution in [0.3, 0.4) is 0 Å². The second-order valence-corrected chi connectivity index (χ2v) is 5.03. The Morgan fingerprint density at radius 1 is 1.20 bits per heavy atom. The average Bonchev–Trinajstić information content (AvgIpc) is 2.31. The third kappa shape index (κ3) is 2.75. The molecule has 1 aromatic rings. The van der Waals surface area contributed by atoms with Crippen molar-refractivity contribution in [2.24, 2.45) is 5.16 Å². The molecule has 1 aromatic carbocycles. The van der Waals surface area contributed by atoms with E-state index in [0.29, 0.717) is 5.25 Å². The molecule has 0 spiro atoms. The van der Waals surface area contributed by atoms with Gasteiger partial charge in [0.1, 0.15) is 0 Å². The van der Waals surface area contributed by atoms with Crippen LogP contribution in [0.4, 0.5) is 0 Å². The molecule has 1 N–H and O–H groups in total. The normalized spacial score (nSPS) is 24.3. The van der Waals surface area contributed by atoms with Gasteiger partial charge in [0.25, 0.3) is 0 Å². The van der Waals surface area contributed by atoms with Crippen molar-refractivity contribution in [3.63, 3.8) is 0 Å². The van der Waals surface area contributed by atoms with E-state index in [1.54, 1.807) is 11.8 Å². The van der Waals surface area contributed by atoms with Gasteiger partial charge in [0.05, 0.1) is 11.0 Å². The Kier molecular flexibility index (Phi) is 3.67. The van der Waals surface area contributed by atoms with Crippen molar-refractivity contribution in [2.75, 3.05) is 0 Å². The van der Waals surface area contributed by atoms with Crippen molar-refractivity contribution >= 4 is 17.5 Å². The second kappa shape index (κ2) is 5.21. The Hall–Kier alpha value is -0.960. The van der Waals surface area contributed by atoms with Crippen molar-refractivity contribution < 1.29 is 5.21 Å². The zero-order valence-corrected chi connectivity index (χ0v) is 9.41. The number of hydrogen-bond donors (Lipinski definition) is 1. The van der Waals surface area contributed by atoms with Gasteiger partial charge < -0.3 is 5.21 Å². The molecule has 2 rings (SSSR count). The highest BCUT2D eigenvalue weighted by atomic mass is 32.2. The van der Waals surface area contributed by atoms with Crippen molar-refractivity contribution in [1.29, 1.82) is 0 Å². The summed E-state index contributed by atoms with van der Waals surface area (Å²) in [7, 11) is 0. The number of benzene rings is 1. The van der Waals surface area contributed by atoms with Crippen LogP contribution in [0.2, 0.25) is 0 Å². The quantitative estimate of drug-likeness (QED) is 0.612. The second-order valence-electron chi connectivity index (χ2n) is 3.76. The van der Waals surface area contributed by atoms with Gasteiger partial charge in [-0.2, -0.15) is 0 Å². The molecule has 0 aromatic heterocycles. The van der Waals surface area contributed by atoms with Gasteiger partial charge in [-0.25, -0.2) is 0 Å². The van der Waals surface area contributed by atoms with E-state index in [2.05, 4.69) is 17.3 Å². The van der Waals surface area contributed by atoms with Gasteiger partial charge in [0.2, 0.25) is 0 Å². The van der Waals surface area contributed by atoms with Crippen LogP contribution in [-0.2, 0) is 0 Å². The Balaban J connectivity index is 2.04. The lowest BCUT2D eigenvalue weighted by molar-refractivity contribution is 0.314. The standard InChI is InChI=1S/C12H15NOS/c14-13-11-8-4-5-9-12(11)15-10-6-2-1-3-7-10/h1-3,6-7,12,14H,4-5,8-9H2/b13-11+/t12-/m0/s1. The van der Waals surface area contributed by atoms with Gasteiger partial charge >= 0.3 is 0 Å². The summed E-state index contributed by atoms with van der Waals surface area (Å²) in [5.74, 6) is 0. The summed E-state index contributed by atoms with van der Waals surface area (Å²) in [6, 6.07) is 10.3. The minimum Gasteiger partial charge on any atom is -0.411 e. The maximum atomic E-state index is 8.91. The lowest BCUT2D eigenvalue weighted by Crippen LogP contribution is -2.21. The molecule has 80 valence electrons. The Morgan fingerprint density at radius 2 is 2.00 bits per heavy atom. The number of hydrogen-bond acceptors (Lipinski definition) is 3. The lowest BCUT2D eigenvalue weighted by Gasteiger charge is -2.22. The highest BCUT2D eigenvalue weighted by Crippen LogP contribution is 2.31. The third-order valence-electron chi connectivity index (χ3n) is 2.67. The van der Waals surface area contributed by atoms with E-state index >= 15 is 0 Å². The van der Waals surface area contributed by atoms with Gasteiger partial charge in [-0.3, -0.25) is 0 Å². The van der Waals surface area contributed by atoms with Crippen LogP contribution in [0.1, 0.15) is 25.7 Å². The van der Waals surface area contributed by atoms with Gasteiger partial charge in [0, 0.05) is 4.90 Å². The Labute approximate surface area is 94.4 Å². The van der Waals surface area contributed by atoms with E-state index in [0.717, 1.165) is 25.0 Å². The summed E-state index contributed by atoms with van der Waals surface area (Å²) in [5.41, 5.74) is 0.954. The van der Waals surface area contributed by atoms with E-state index in [1.165, 1.54) is 11.3 Å². The largest absolute Gasteiger partial charge is 0.411 e. The first-order valence-electron chi connectivity index (χ1n) is 5.32. The Bertz CT molecular complexity index is 337. The molecule has 0 aliphatic heterocycles. The maximum Gasteiger partial charge on any atom is 0.0704 e. The van der Waals surface area contributed by atoms with Crippen molar-refractivity contribution in [3.8, 4) is 0 Å². The molecule has 0 saturated heterocycles. The summed E-state index contributed by atoms with van der Waals surface area (Å²) in [6.07, 6.45) is 4.47. The fourth-order valence-electron chi connectivity index (χ4n) is 1.87. The molecule has 0 unspecified atom stereocenters. The van der Waals surface area contributed by atoms with E-state index in [9.17, 15) is 0 Å². The molecular formula is C12H15NOS. The van der Waals surface area contributed by atoms with Gasteiger partial charge in [-0.05, 0) is 31.4 Å². The minimum atomic E-state index is 0.367. The molecule has 1 atom stereocenters. The van der Waals surface area contributed by atoms with Gasteiger partial charge in [-0.15, -0.1) is 11.8 Å². The first-order valence-corrected chi connectivity index (χ1v) is 6.20. The molecule has 15 heavy (non-hydrogen) atoms. The highest BCUT2D eigenvalue weighted by molar-refractivity contribution is 8.00. The SMILES string of the molecule is O/N=C1\CCCC[C@@H]1Sc1ccccc1. The fourth-order valence-corrected chi connectivity index (χ4v) is 3.10. The lowest BCUT2D eigenvalue weighted by atomic mass is 9.98. The molecule has 1 aliphatic carbocycles. The molecule has 0 heterocycles. The summed E-state index contributed by atoms with van der Waals surface area (Å²) in [4.78, 5) is 1.26. The van der Waals surface area contributed by atoms with E-state index in [4.69, 9.17) is 5.21 Å². The number of rotatable bonds is 2. The minimum absolute atomic E-state index is 0.367. The summed E-state index contributed by atoms with van der Waals surface area (Å²) < 4.78 is 0.